The summed E-state index contributed by atoms with van der Waals surface area (Å²) in [6, 6.07) is 1.85. The molecule has 1 aromatic heterocycles. The van der Waals surface area contributed by atoms with Gasteiger partial charge in [0, 0.05) is 4.88 Å². The van der Waals surface area contributed by atoms with Crippen molar-refractivity contribution >= 4 is 17.3 Å². The van der Waals surface area contributed by atoms with Gasteiger partial charge in [0.05, 0.1) is 7.11 Å². The van der Waals surface area contributed by atoms with Crippen LogP contribution in [0.15, 0.2) is 6.07 Å². The lowest BCUT2D eigenvalue weighted by molar-refractivity contribution is 0.0699. The van der Waals surface area contributed by atoms with E-state index in [9.17, 15) is 4.79 Å². The molecule has 0 unspecified atom stereocenters. The lowest BCUT2D eigenvalue weighted by Gasteiger charge is -1.94. The van der Waals surface area contributed by atoms with Crippen molar-refractivity contribution in [2.45, 2.75) is 19.3 Å². The fraction of sp³-hybridized carbons (Fsp3) is 0.500. The summed E-state index contributed by atoms with van der Waals surface area (Å²) in [5.74, 6) is 0.382. The van der Waals surface area contributed by atoms with Gasteiger partial charge in [0.1, 0.15) is 5.75 Å². The van der Waals surface area contributed by atoms with E-state index in [1.165, 1.54) is 31.3 Å². The highest BCUT2D eigenvalue weighted by Crippen LogP contribution is 2.37. The Morgan fingerprint density at radius 1 is 1.71 bits per heavy atom. The second-order valence-corrected chi connectivity index (χ2v) is 4.70. The second-order valence-electron chi connectivity index (χ2n) is 3.56. The minimum Gasteiger partial charge on any atom is -0.495 e. The second kappa shape index (κ2) is 3.61. The molecule has 1 aliphatic carbocycles. The Balaban J connectivity index is 2.20. The molecule has 1 fully saturated rings. The number of aromatic carboxylic acids is 1. The summed E-state index contributed by atoms with van der Waals surface area (Å²) < 4.78 is 5.02. The average molecular weight is 212 g/mol. The Labute approximate surface area is 86.3 Å². The Kier molecular flexibility index (Phi) is 2.46. The van der Waals surface area contributed by atoms with Gasteiger partial charge in [0.25, 0.3) is 0 Å². The molecular formula is C10H12O3S. The quantitative estimate of drug-likeness (QED) is 0.833. The summed E-state index contributed by atoms with van der Waals surface area (Å²) in [4.78, 5) is 12.3. The van der Waals surface area contributed by atoms with Gasteiger partial charge in [-0.2, -0.15) is 0 Å². The number of hydrogen-bond donors (Lipinski definition) is 1. The van der Waals surface area contributed by atoms with Crippen molar-refractivity contribution in [3.63, 3.8) is 0 Å². The predicted octanol–water partition coefficient (Wildman–Crippen LogP) is 2.41. The van der Waals surface area contributed by atoms with Crippen LogP contribution in [0.25, 0.3) is 0 Å². The van der Waals surface area contributed by atoms with E-state index >= 15 is 0 Å². The van der Waals surface area contributed by atoms with Gasteiger partial charge in [-0.05, 0) is 31.2 Å². The summed E-state index contributed by atoms with van der Waals surface area (Å²) in [5.41, 5.74) is 0. The number of carboxylic acid groups (broad SMARTS) is 1. The number of carbonyl (C=O) groups is 1. The topological polar surface area (TPSA) is 46.5 Å². The summed E-state index contributed by atoms with van der Waals surface area (Å²) in [5, 5.41) is 8.89. The maximum absolute atomic E-state index is 10.8. The first-order valence-electron chi connectivity index (χ1n) is 4.60. The molecular weight excluding hydrogens is 200 g/mol. The third-order valence-electron chi connectivity index (χ3n) is 2.35. The number of thiophene rings is 1. The standard InChI is InChI=1S/C10H12O3S/c1-13-8-5-7(4-6-2-3-6)14-9(8)10(11)12/h5-6H,2-4H2,1H3,(H,11,12). The van der Waals surface area contributed by atoms with Crippen LogP contribution in [-0.2, 0) is 6.42 Å². The van der Waals surface area contributed by atoms with Crippen LogP contribution in [-0.4, -0.2) is 18.2 Å². The minimum absolute atomic E-state index is 0.322. The molecule has 0 atom stereocenters. The number of ether oxygens (including phenoxy) is 1. The van der Waals surface area contributed by atoms with Crippen LogP contribution >= 0.6 is 11.3 Å². The highest BCUT2D eigenvalue weighted by Gasteiger charge is 2.24. The van der Waals surface area contributed by atoms with Crippen LogP contribution in [0, 0.1) is 5.92 Å². The molecule has 76 valence electrons. The van der Waals surface area contributed by atoms with Gasteiger partial charge in [0.15, 0.2) is 4.88 Å². The first kappa shape index (κ1) is 9.52. The molecule has 1 aromatic rings. The molecule has 0 radical (unpaired) electrons. The highest BCUT2D eigenvalue weighted by molar-refractivity contribution is 7.14. The molecule has 0 amide bonds. The van der Waals surface area contributed by atoms with Crippen LogP contribution < -0.4 is 4.74 Å². The van der Waals surface area contributed by atoms with E-state index in [1.807, 2.05) is 6.07 Å². The number of hydrogen-bond acceptors (Lipinski definition) is 3. The van der Waals surface area contributed by atoms with Crippen molar-refractivity contribution in [3.8, 4) is 5.75 Å². The fourth-order valence-electron chi connectivity index (χ4n) is 1.43. The van der Waals surface area contributed by atoms with Crippen molar-refractivity contribution in [1.29, 1.82) is 0 Å². The molecule has 0 aromatic carbocycles. The number of rotatable bonds is 4. The predicted molar refractivity (Wildman–Crippen MR) is 54.3 cm³/mol. The van der Waals surface area contributed by atoms with Crippen molar-refractivity contribution in [2.75, 3.05) is 7.11 Å². The number of carboxylic acids is 1. The molecule has 0 saturated heterocycles. The zero-order valence-corrected chi connectivity index (χ0v) is 8.76. The summed E-state index contributed by atoms with van der Waals surface area (Å²) in [6.45, 7) is 0. The van der Waals surface area contributed by atoms with E-state index in [2.05, 4.69) is 0 Å². The molecule has 2 rings (SSSR count). The monoisotopic (exact) mass is 212 g/mol. The third kappa shape index (κ3) is 1.90. The first-order valence-corrected chi connectivity index (χ1v) is 5.42. The lowest BCUT2D eigenvalue weighted by Crippen LogP contribution is -1.94. The fourth-order valence-corrected chi connectivity index (χ4v) is 2.51. The van der Waals surface area contributed by atoms with E-state index in [0.29, 0.717) is 10.6 Å². The van der Waals surface area contributed by atoms with E-state index in [0.717, 1.165) is 17.2 Å². The van der Waals surface area contributed by atoms with E-state index in [-0.39, 0.29) is 0 Å². The average Bonchev–Trinajstić information content (AvgIpc) is 2.83. The molecule has 1 saturated carbocycles. The molecule has 0 bridgehead atoms. The molecule has 0 spiro atoms. The lowest BCUT2D eigenvalue weighted by atomic mass is 10.2. The zero-order valence-electron chi connectivity index (χ0n) is 7.95. The van der Waals surface area contributed by atoms with Gasteiger partial charge in [-0.25, -0.2) is 4.79 Å². The minimum atomic E-state index is -0.895. The van der Waals surface area contributed by atoms with Crippen molar-refractivity contribution in [3.05, 3.63) is 15.8 Å². The Bertz CT molecular complexity index is 352. The van der Waals surface area contributed by atoms with Crippen LogP contribution in [0.2, 0.25) is 0 Å². The van der Waals surface area contributed by atoms with Crippen molar-refractivity contribution < 1.29 is 14.6 Å². The van der Waals surface area contributed by atoms with Crippen LogP contribution in [0.4, 0.5) is 0 Å². The Hall–Kier alpha value is -1.03. The smallest absolute Gasteiger partial charge is 0.349 e. The zero-order chi connectivity index (χ0) is 10.1. The Morgan fingerprint density at radius 3 is 2.86 bits per heavy atom. The van der Waals surface area contributed by atoms with Crippen LogP contribution in [0.5, 0.6) is 5.75 Å². The molecule has 3 nitrogen and oxygen atoms in total. The van der Waals surface area contributed by atoms with Gasteiger partial charge < -0.3 is 9.84 Å². The summed E-state index contributed by atoms with van der Waals surface area (Å²) >= 11 is 1.34. The van der Waals surface area contributed by atoms with Gasteiger partial charge >= 0.3 is 5.97 Å². The molecule has 1 N–H and O–H groups in total. The first-order chi connectivity index (χ1) is 6.70. The molecule has 4 heteroatoms. The summed E-state index contributed by atoms with van der Waals surface area (Å²) in [6.07, 6.45) is 3.57. The van der Waals surface area contributed by atoms with Crippen molar-refractivity contribution in [2.24, 2.45) is 5.92 Å². The molecule has 1 aliphatic rings. The third-order valence-corrected chi connectivity index (χ3v) is 3.48. The van der Waals surface area contributed by atoms with Crippen molar-refractivity contribution in [1.82, 2.24) is 0 Å². The van der Waals surface area contributed by atoms with E-state index in [4.69, 9.17) is 9.84 Å². The summed E-state index contributed by atoms with van der Waals surface area (Å²) in [7, 11) is 1.51. The van der Waals surface area contributed by atoms with Gasteiger partial charge in [0.2, 0.25) is 0 Å². The maximum Gasteiger partial charge on any atom is 0.349 e. The van der Waals surface area contributed by atoms with E-state index in [1.54, 1.807) is 0 Å². The Morgan fingerprint density at radius 2 is 2.43 bits per heavy atom. The molecule has 0 aliphatic heterocycles. The largest absolute Gasteiger partial charge is 0.495 e. The SMILES string of the molecule is COc1cc(CC2CC2)sc1C(=O)O. The maximum atomic E-state index is 10.8. The van der Waals surface area contributed by atoms with Gasteiger partial charge in [-0.15, -0.1) is 11.3 Å². The number of methoxy groups -OCH3 is 1. The normalized spacial score (nSPS) is 15.5. The van der Waals surface area contributed by atoms with Crippen LogP contribution in [0.1, 0.15) is 27.4 Å². The van der Waals surface area contributed by atoms with E-state index < -0.39 is 5.97 Å². The molecule has 1 heterocycles. The van der Waals surface area contributed by atoms with Crippen LogP contribution in [0.3, 0.4) is 0 Å². The van der Waals surface area contributed by atoms with Gasteiger partial charge in [-0.3, -0.25) is 0 Å². The highest BCUT2D eigenvalue weighted by atomic mass is 32.1. The molecule has 14 heavy (non-hydrogen) atoms. The van der Waals surface area contributed by atoms with Gasteiger partial charge in [-0.1, -0.05) is 0 Å².